The minimum atomic E-state index is -0.314. The van der Waals surface area contributed by atoms with Crippen LogP contribution in [0.15, 0.2) is 36.5 Å². The highest BCUT2D eigenvalue weighted by molar-refractivity contribution is 5.94. The zero-order valence-corrected chi connectivity index (χ0v) is 17.1. The van der Waals surface area contributed by atoms with E-state index in [2.05, 4.69) is 15.4 Å². The number of likely N-dealkylation sites (tertiary alicyclic amines) is 2. The first-order valence-electron chi connectivity index (χ1n) is 10.3. The summed E-state index contributed by atoms with van der Waals surface area (Å²) in [6.07, 6.45) is 3.35. The molecular formula is C21H22FN7O2. The molecule has 0 bridgehead atoms. The Morgan fingerprint density at radius 1 is 1.23 bits per heavy atom. The Bertz CT molecular complexity index is 1130. The molecule has 2 amide bonds. The zero-order valence-electron chi connectivity index (χ0n) is 17.1. The molecule has 0 radical (unpaired) electrons. The number of aryl methyl sites for hydroxylation is 1. The molecule has 10 heteroatoms. The summed E-state index contributed by atoms with van der Waals surface area (Å²) in [6, 6.07) is 7.82. The van der Waals surface area contributed by atoms with Crippen molar-refractivity contribution in [3.8, 4) is 11.3 Å². The molecule has 31 heavy (non-hydrogen) atoms. The summed E-state index contributed by atoms with van der Waals surface area (Å²) in [7, 11) is 1.72. The first-order chi connectivity index (χ1) is 15.0. The maximum absolute atomic E-state index is 13.2. The number of carbonyl (C=O) groups excluding carboxylic acids is 2. The molecule has 0 spiro atoms. The van der Waals surface area contributed by atoms with Crippen molar-refractivity contribution in [3.05, 3.63) is 53.7 Å². The Morgan fingerprint density at radius 2 is 2.00 bits per heavy atom. The summed E-state index contributed by atoms with van der Waals surface area (Å²) in [4.78, 5) is 28.2. The highest BCUT2D eigenvalue weighted by Gasteiger charge is 2.35. The lowest BCUT2D eigenvalue weighted by molar-refractivity contribution is -0.128. The monoisotopic (exact) mass is 423 g/mol. The second-order valence-corrected chi connectivity index (χ2v) is 8.02. The third-order valence-electron chi connectivity index (χ3n) is 5.84. The molecule has 2 aromatic heterocycles. The molecule has 5 rings (SSSR count). The van der Waals surface area contributed by atoms with Crippen molar-refractivity contribution >= 4 is 11.8 Å². The smallest absolute Gasteiger partial charge is 0.272 e. The zero-order chi connectivity index (χ0) is 21.5. The van der Waals surface area contributed by atoms with Crippen LogP contribution in [-0.4, -0.2) is 66.0 Å². The first kappa shape index (κ1) is 19.4. The highest BCUT2D eigenvalue weighted by Crippen LogP contribution is 2.25. The molecule has 0 N–H and O–H groups in total. The topological polar surface area (TPSA) is 89.2 Å². The second kappa shape index (κ2) is 7.60. The standard InChI is InChI=1S/C21H22FN7O2/c1-26-19(9-18(24-26)14-4-6-15(22)7-5-14)21(31)28-12-17(13-28)29-11-16(23-25-29)10-27-8-2-3-20(27)30/h4-7,9,11,17H,2-3,8,10,12-13H2,1H3. The van der Waals surface area contributed by atoms with Crippen molar-refractivity contribution in [2.75, 3.05) is 19.6 Å². The van der Waals surface area contributed by atoms with Crippen molar-refractivity contribution < 1.29 is 14.0 Å². The van der Waals surface area contributed by atoms with Crippen molar-refractivity contribution in [2.45, 2.75) is 25.4 Å². The molecule has 0 aliphatic carbocycles. The molecule has 1 aromatic carbocycles. The first-order valence-corrected chi connectivity index (χ1v) is 10.3. The van der Waals surface area contributed by atoms with E-state index in [0.717, 1.165) is 24.2 Å². The van der Waals surface area contributed by atoms with Gasteiger partial charge in [-0.15, -0.1) is 5.10 Å². The maximum atomic E-state index is 13.2. The number of hydrogen-bond acceptors (Lipinski definition) is 5. The van der Waals surface area contributed by atoms with Crippen LogP contribution in [0, 0.1) is 5.82 Å². The van der Waals surface area contributed by atoms with E-state index in [1.807, 2.05) is 6.20 Å². The van der Waals surface area contributed by atoms with Crippen LogP contribution in [0.25, 0.3) is 11.3 Å². The van der Waals surface area contributed by atoms with Crippen LogP contribution in [0.2, 0.25) is 0 Å². The Balaban J connectivity index is 1.22. The van der Waals surface area contributed by atoms with Crippen LogP contribution >= 0.6 is 0 Å². The van der Waals surface area contributed by atoms with Gasteiger partial charge < -0.3 is 9.80 Å². The van der Waals surface area contributed by atoms with Crippen LogP contribution in [0.3, 0.4) is 0 Å². The lowest BCUT2D eigenvalue weighted by Crippen LogP contribution is -2.51. The van der Waals surface area contributed by atoms with Crippen LogP contribution in [0.5, 0.6) is 0 Å². The molecule has 0 unspecified atom stereocenters. The molecule has 0 atom stereocenters. The number of halogens is 1. The fraction of sp³-hybridized carbons (Fsp3) is 0.381. The minimum absolute atomic E-state index is 0.0595. The van der Waals surface area contributed by atoms with Crippen LogP contribution in [0.1, 0.15) is 35.1 Å². The summed E-state index contributed by atoms with van der Waals surface area (Å²) in [5.74, 6) is -0.264. The Hall–Kier alpha value is -3.56. The van der Waals surface area contributed by atoms with Gasteiger partial charge in [0.15, 0.2) is 0 Å². The van der Waals surface area contributed by atoms with Crippen molar-refractivity contribution in [1.82, 2.24) is 34.6 Å². The summed E-state index contributed by atoms with van der Waals surface area (Å²) < 4.78 is 16.5. The lowest BCUT2D eigenvalue weighted by atomic mass is 10.1. The van der Waals surface area contributed by atoms with Gasteiger partial charge in [0.2, 0.25) is 5.91 Å². The number of rotatable bonds is 5. The average Bonchev–Trinajstić information content (AvgIpc) is 3.43. The van der Waals surface area contributed by atoms with E-state index in [4.69, 9.17) is 0 Å². The Labute approximate surface area is 178 Å². The van der Waals surface area contributed by atoms with E-state index >= 15 is 0 Å². The second-order valence-electron chi connectivity index (χ2n) is 8.02. The third-order valence-corrected chi connectivity index (χ3v) is 5.84. The normalized spacial score (nSPS) is 16.8. The summed E-state index contributed by atoms with van der Waals surface area (Å²) >= 11 is 0. The predicted octanol–water partition coefficient (Wildman–Crippen LogP) is 1.64. The molecule has 0 saturated carbocycles. The summed E-state index contributed by atoms with van der Waals surface area (Å²) in [5, 5.41) is 12.8. The van der Waals surface area contributed by atoms with Crippen LogP contribution < -0.4 is 0 Å². The largest absolute Gasteiger partial charge is 0.337 e. The van der Waals surface area contributed by atoms with Gasteiger partial charge in [0.25, 0.3) is 5.91 Å². The van der Waals surface area contributed by atoms with Gasteiger partial charge in [0.05, 0.1) is 24.5 Å². The predicted molar refractivity (Wildman–Crippen MR) is 108 cm³/mol. The van der Waals surface area contributed by atoms with E-state index in [0.29, 0.717) is 37.4 Å². The highest BCUT2D eigenvalue weighted by atomic mass is 19.1. The van der Waals surface area contributed by atoms with Gasteiger partial charge in [0.1, 0.15) is 17.2 Å². The maximum Gasteiger partial charge on any atom is 0.272 e. The molecule has 2 fully saturated rings. The van der Waals surface area contributed by atoms with Crippen molar-refractivity contribution in [1.29, 1.82) is 0 Å². The fourth-order valence-corrected chi connectivity index (χ4v) is 4.01. The number of benzene rings is 1. The molecule has 160 valence electrons. The van der Waals surface area contributed by atoms with Crippen molar-refractivity contribution in [3.63, 3.8) is 0 Å². The fourth-order valence-electron chi connectivity index (χ4n) is 4.01. The SMILES string of the molecule is Cn1nc(-c2ccc(F)cc2)cc1C(=O)N1CC(n2cc(CN3CCCC3=O)nn2)C1. The van der Waals surface area contributed by atoms with Gasteiger partial charge in [0, 0.05) is 38.7 Å². The average molecular weight is 423 g/mol. The van der Waals surface area contributed by atoms with E-state index in [9.17, 15) is 14.0 Å². The molecular weight excluding hydrogens is 401 g/mol. The van der Waals surface area contributed by atoms with E-state index in [1.165, 1.54) is 12.1 Å². The van der Waals surface area contributed by atoms with E-state index < -0.39 is 0 Å². The number of nitrogens with zero attached hydrogens (tertiary/aromatic N) is 7. The van der Waals surface area contributed by atoms with E-state index in [-0.39, 0.29) is 23.7 Å². The quantitative estimate of drug-likeness (QED) is 0.622. The molecule has 2 saturated heterocycles. The van der Waals surface area contributed by atoms with Crippen molar-refractivity contribution in [2.24, 2.45) is 7.05 Å². The molecule has 3 aromatic rings. The Morgan fingerprint density at radius 3 is 2.71 bits per heavy atom. The minimum Gasteiger partial charge on any atom is -0.337 e. The summed E-state index contributed by atoms with van der Waals surface area (Å²) in [5.41, 5.74) is 2.62. The van der Waals surface area contributed by atoms with Gasteiger partial charge >= 0.3 is 0 Å². The van der Waals surface area contributed by atoms with Crippen LogP contribution in [-0.2, 0) is 18.4 Å². The summed E-state index contributed by atoms with van der Waals surface area (Å²) in [6.45, 7) is 2.31. The Kier molecular flexibility index (Phi) is 4.76. The van der Waals surface area contributed by atoms with Gasteiger partial charge in [-0.05, 0) is 36.8 Å². The molecule has 2 aliphatic rings. The molecule has 9 nitrogen and oxygen atoms in total. The van der Waals surface area contributed by atoms with E-state index in [1.54, 1.807) is 44.4 Å². The van der Waals surface area contributed by atoms with Gasteiger partial charge in [-0.25, -0.2) is 9.07 Å². The van der Waals surface area contributed by atoms with Gasteiger partial charge in [-0.2, -0.15) is 5.10 Å². The number of hydrogen-bond donors (Lipinski definition) is 0. The number of amides is 2. The molecule has 2 aliphatic heterocycles. The van der Waals surface area contributed by atoms with Gasteiger partial charge in [-0.3, -0.25) is 14.3 Å². The number of carbonyl (C=O) groups is 2. The third kappa shape index (κ3) is 3.69. The molecule has 4 heterocycles. The van der Waals surface area contributed by atoms with Gasteiger partial charge in [-0.1, -0.05) is 5.21 Å². The lowest BCUT2D eigenvalue weighted by Gasteiger charge is -2.38. The van der Waals surface area contributed by atoms with Crippen LogP contribution in [0.4, 0.5) is 4.39 Å². The number of aromatic nitrogens is 5.